The predicted molar refractivity (Wildman–Crippen MR) is 85.4 cm³/mol. The van der Waals surface area contributed by atoms with Crippen LogP contribution in [-0.2, 0) is 4.74 Å². The standard InChI is InChI=1S/C15H25N5O3/c1-12-9-19(11-13-10-18(2)6-8-22-13)4-5-20(12)15(21)16-14-3-7-23-17-14/h3,7,12-13H,4-6,8-11H2,1-2H3,(H,16,17,21). The summed E-state index contributed by atoms with van der Waals surface area (Å²) in [5.74, 6) is 0.447. The van der Waals surface area contributed by atoms with Crippen LogP contribution in [-0.4, -0.2) is 91.0 Å². The van der Waals surface area contributed by atoms with Crippen molar-refractivity contribution in [1.82, 2.24) is 19.9 Å². The summed E-state index contributed by atoms with van der Waals surface area (Å²) in [4.78, 5) is 18.8. The van der Waals surface area contributed by atoms with Crippen LogP contribution in [0.25, 0.3) is 0 Å². The molecule has 1 N–H and O–H groups in total. The number of nitrogens with zero attached hydrogens (tertiary/aromatic N) is 4. The Bertz CT molecular complexity index is 509. The van der Waals surface area contributed by atoms with Crippen LogP contribution in [0.4, 0.5) is 10.6 Å². The number of likely N-dealkylation sites (N-methyl/N-ethyl adjacent to an activating group) is 1. The van der Waals surface area contributed by atoms with Gasteiger partial charge in [0.1, 0.15) is 6.26 Å². The molecule has 0 spiro atoms. The number of hydrogen-bond acceptors (Lipinski definition) is 6. The zero-order chi connectivity index (χ0) is 16.2. The van der Waals surface area contributed by atoms with Crippen LogP contribution in [0.15, 0.2) is 16.9 Å². The molecule has 0 radical (unpaired) electrons. The van der Waals surface area contributed by atoms with E-state index in [2.05, 4.69) is 34.2 Å². The molecular weight excluding hydrogens is 298 g/mol. The third-order valence-electron chi connectivity index (χ3n) is 4.45. The highest BCUT2D eigenvalue weighted by molar-refractivity contribution is 5.88. The second kappa shape index (κ2) is 7.29. The van der Waals surface area contributed by atoms with E-state index in [-0.39, 0.29) is 18.2 Å². The van der Waals surface area contributed by atoms with E-state index in [0.29, 0.717) is 12.4 Å². The van der Waals surface area contributed by atoms with E-state index in [9.17, 15) is 4.79 Å². The van der Waals surface area contributed by atoms with Crippen LogP contribution < -0.4 is 5.32 Å². The van der Waals surface area contributed by atoms with Crippen molar-refractivity contribution < 1.29 is 14.1 Å². The van der Waals surface area contributed by atoms with Crippen molar-refractivity contribution in [3.8, 4) is 0 Å². The SMILES string of the molecule is CC1CN(CC2CN(C)CCO2)CCN1C(=O)Nc1ccon1. The maximum Gasteiger partial charge on any atom is 0.323 e. The lowest BCUT2D eigenvalue weighted by Gasteiger charge is -2.41. The van der Waals surface area contributed by atoms with Crippen molar-refractivity contribution in [3.63, 3.8) is 0 Å². The van der Waals surface area contributed by atoms with Gasteiger partial charge in [-0.2, -0.15) is 0 Å². The molecule has 3 heterocycles. The normalized spacial score (nSPS) is 27.1. The number of nitrogens with one attached hydrogen (secondary N) is 1. The molecule has 8 nitrogen and oxygen atoms in total. The molecule has 2 aliphatic heterocycles. The van der Waals surface area contributed by atoms with Gasteiger partial charge < -0.3 is 19.1 Å². The van der Waals surface area contributed by atoms with E-state index in [1.54, 1.807) is 6.07 Å². The summed E-state index contributed by atoms with van der Waals surface area (Å²) in [6.07, 6.45) is 1.70. The number of aromatic nitrogens is 1. The number of rotatable bonds is 3. The third kappa shape index (κ3) is 4.21. The zero-order valence-corrected chi connectivity index (χ0v) is 13.8. The first-order chi connectivity index (χ1) is 11.1. The van der Waals surface area contributed by atoms with Crippen molar-refractivity contribution in [3.05, 3.63) is 12.3 Å². The van der Waals surface area contributed by atoms with Gasteiger partial charge in [0.25, 0.3) is 0 Å². The maximum atomic E-state index is 12.3. The quantitative estimate of drug-likeness (QED) is 0.875. The van der Waals surface area contributed by atoms with Gasteiger partial charge in [-0.05, 0) is 14.0 Å². The summed E-state index contributed by atoms with van der Waals surface area (Å²) in [5, 5.41) is 6.47. The monoisotopic (exact) mass is 323 g/mol. The number of carbonyl (C=O) groups is 1. The Morgan fingerprint density at radius 1 is 1.39 bits per heavy atom. The van der Waals surface area contributed by atoms with Crippen LogP contribution >= 0.6 is 0 Å². The van der Waals surface area contributed by atoms with Crippen LogP contribution in [0.5, 0.6) is 0 Å². The largest absolute Gasteiger partial charge is 0.374 e. The lowest BCUT2D eigenvalue weighted by molar-refractivity contribution is -0.0425. The van der Waals surface area contributed by atoms with Crippen molar-refractivity contribution in [2.24, 2.45) is 0 Å². The average molecular weight is 323 g/mol. The number of anilines is 1. The van der Waals surface area contributed by atoms with E-state index in [0.717, 1.165) is 39.3 Å². The number of morpholine rings is 1. The minimum Gasteiger partial charge on any atom is -0.374 e. The topological polar surface area (TPSA) is 74.1 Å². The minimum absolute atomic E-state index is 0.125. The van der Waals surface area contributed by atoms with Gasteiger partial charge in [-0.1, -0.05) is 5.16 Å². The number of hydrogen-bond donors (Lipinski definition) is 1. The molecule has 2 saturated heterocycles. The third-order valence-corrected chi connectivity index (χ3v) is 4.45. The van der Waals surface area contributed by atoms with Gasteiger partial charge in [0, 0.05) is 51.4 Å². The van der Waals surface area contributed by atoms with Gasteiger partial charge in [-0.15, -0.1) is 0 Å². The Labute approximate surface area is 136 Å². The van der Waals surface area contributed by atoms with Gasteiger partial charge in [0.2, 0.25) is 0 Å². The highest BCUT2D eigenvalue weighted by Gasteiger charge is 2.30. The van der Waals surface area contributed by atoms with Crippen LogP contribution in [0, 0.1) is 0 Å². The molecule has 23 heavy (non-hydrogen) atoms. The fourth-order valence-corrected chi connectivity index (χ4v) is 3.22. The highest BCUT2D eigenvalue weighted by atomic mass is 16.5. The van der Waals surface area contributed by atoms with Gasteiger partial charge in [0.15, 0.2) is 5.82 Å². The molecule has 2 aliphatic rings. The van der Waals surface area contributed by atoms with Gasteiger partial charge >= 0.3 is 6.03 Å². The Morgan fingerprint density at radius 3 is 2.96 bits per heavy atom. The van der Waals surface area contributed by atoms with E-state index < -0.39 is 0 Å². The molecule has 1 aromatic heterocycles. The van der Waals surface area contributed by atoms with Crippen LogP contribution in [0.3, 0.4) is 0 Å². The molecule has 0 aliphatic carbocycles. The van der Waals surface area contributed by atoms with E-state index >= 15 is 0 Å². The molecule has 0 bridgehead atoms. The number of ether oxygens (including phenoxy) is 1. The van der Waals surface area contributed by atoms with Crippen molar-refractivity contribution >= 4 is 11.8 Å². The number of amides is 2. The molecule has 128 valence electrons. The summed E-state index contributed by atoms with van der Waals surface area (Å²) in [5.41, 5.74) is 0. The summed E-state index contributed by atoms with van der Waals surface area (Å²) >= 11 is 0. The summed E-state index contributed by atoms with van der Waals surface area (Å²) < 4.78 is 10.6. The fraction of sp³-hybridized carbons (Fsp3) is 0.733. The fourth-order valence-electron chi connectivity index (χ4n) is 3.22. The molecule has 3 rings (SSSR count). The smallest absolute Gasteiger partial charge is 0.323 e. The molecule has 0 aromatic carbocycles. The van der Waals surface area contributed by atoms with E-state index in [1.165, 1.54) is 6.26 Å². The Kier molecular flexibility index (Phi) is 5.14. The molecular formula is C15H25N5O3. The lowest BCUT2D eigenvalue weighted by atomic mass is 10.1. The van der Waals surface area contributed by atoms with Crippen molar-refractivity contribution in [1.29, 1.82) is 0 Å². The van der Waals surface area contributed by atoms with E-state index in [1.807, 2.05) is 4.90 Å². The second-order valence-corrected chi connectivity index (χ2v) is 6.37. The molecule has 2 unspecified atom stereocenters. The zero-order valence-electron chi connectivity index (χ0n) is 13.8. The van der Waals surface area contributed by atoms with Crippen molar-refractivity contribution in [2.45, 2.75) is 19.1 Å². The first kappa shape index (κ1) is 16.2. The van der Waals surface area contributed by atoms with Crippen LogP contribution in [0.1, 0.15) is 6.92 Å². The molecule has 8 heteroatoms. The van der Waals surface area contributed by atoms with Crippen LogP contribution in [0.2, 0.25) is 0 Å². The molecule has 2 fully saturated rings. The predicted octanol–water partition coefficient (Wildman–Crippen LogP) is 0.543. The first-order valence-corrected chi connectivity index (χ1v) is 8.12. The van der Waals surface area contributed by atoms with Gasteiger partial charge in [0.05, 0.1) is 12.7 Å². The Balaban J connectivity index is 1.48. The molecule has 2 atom stereocenters. The molecule has 0 saturated carbocycles. The minimum atomic E-state index is -0.125. The maximum absolute atomic E-state index is 12.3. The number of carbonyl (C=O) groups excluding carboxylic acids is 1. The number of urea groups is 1. The molecule has 2 amide bonds. The summed E-state index contributed by atoms with van der Waals surface area (Å²) in [6, 6.07) is 1.66. The first-order valence-electron chi connectivity index (χ1n) is 8.12. The second-order valence-electron chi connectivity index (χ2n) is 6.37. The van der Waals surface area contributed by atoms with Gasteiger partial charge in [-0.3, -0.25) is 10.2 Å². The Hall–Kier alpha value is -1.64. The number of piperazine rings is 1. The van der Waals surface area contributed by atoms with Gasteiger partial charge in [-0.25, -0.2) is 4.79 Å². The lowest BCUT2D eigenvalue weighted by Crippen LogP contribution is -2.57. The summed E-state index contributed by atoms with van der Waals surface area (Å²) in [7, 11) is 2.13. The van der Waals surface area contributed by atoms with E-state index in [4.69, 9.17) is 9.26 Å². The summed E-state index contributed by atoms with van der Waals surface area (Å²) in [6.45, 7) is 8.19. The highest BCUT2D eigenvalue weighted by Crippen LogP contribution is 2.14. The average Bonchev–Trinajstić information content (AvgIpc) is 3.00. The van der Waals surface area contributed by atoms with Crippen molar-refractivity contribution in [2.75, 3.05) is 58.2 Å². The Morgan fingerprint density at radius 2 is 2.26 bits per heavy atom. The molecule has 1 aromatic rings.